The number of amides is 1. The van der Waals surface area contributed by atoms with Crippen LogP contribution in [0.2, 0.25) is 0 Å². The van der Waals surface area contributed by atoms with Gasteiger partial charge in [0.25, 0.3) is 11.3 Å². The van der Waals surface area contributed by atoms with Crippen molar-refractivity contribution in [1.82, 2.24) is 4.90 Å². The fourth-order valence-electron chi connectivity index (χ4n) is 2.42. The quantitative estimate of drug-likeness (QED) is 0.390. The van der Waals surface area contributed by atoms with E-state index in [0.29, 0.717) is 5.57 Å². The van der Waals surface area contributed by atoms with E-state index in [1.165, 1.54) is 7.11 Å². The maximum atomic E-state index is 12.0. The van der Waals surface area contributed by atoms with E-state index in [-0.39, 0.29) is 24.2 Å². The summed E-state index contributed by atoms with van der Waals surface area (Å²) in [5.74, 6) is -1.61. The van der Waals surface area contributed by atoms with Crippen molar-refractivity contribution >= 4 is 29.2 Å². The molecule has 1 unspecified atom stereocenters. The van der Waals surface area contributed by atoms with Crippen molar-refractivity contribution in [3.05, 3.63) is 11.3 Å². The molecule has 0 radical (unpaired) electrons. The van der Waals surface area contributed by atoms with Crippen LogP contribution in [0.5, 0.6) is 0 Å². The van der Waals surface area contributed by atoms with Crippen LogP contribution in [0.1, 0.15) is 13.8 Å². The molecule has 0 aromatic heterocycles. The lowest BCUT2D eigenvalue weighted by molar-refractivity contribution is -0.148. The van der Waals surface area contributed by atoms with E-state index in [0.717, 1.165) is 4.90 Å². The summed E-state index contributed by atoms with van der Waals surface area (Å²) in [6.07, 6.45) is -1.22. The first-order valence-corrected chi connectivity index (χ1v) is 8.27. The van der Waals surface area contributed by atoms with Gasteiger partial charge >= 0.3 is 12.1 Å². The molecule has 3 N–H and O–H groups in total. The lowest BCUT2D eigenvalue weighted by Gasteiger charge is -2.44. The molecular weight excluding hydrogens is 328 g/mol. The topological polar surface area (TPSA) is 128 Å². The van der Waals surface area contributed by atoms with Crippen LogP contribution in [0, 0.1) is 0 Å². The number of hydrogen-bond donors (Lipinski definition) is 2. The lowest BCUT2D eigenvalue weighted by Crippen LogP contribution is -2.73. The SMILES string of the molecule is COCC1=C(C(=O)O)N2C(=O)[C@@H](N)[C@H]2[S+](OC(=O)OC(C)C)C1. The van der Waals surface area contributed by atoms with Crippen LogP contribution >= 0.6 is 0 Å². The number of β-lactam (4-membered cyclic amide) rings is 1. The van der Waals surface area contributed by atoms with Crippen LogP contribution in [0.4, 0.5) is 4.79 Å². The zero-order valence-electron chi connectivity index (χ0n) is 13.0. The van der Waals surface area contributed by atoms with Crippen LogP contribution in [-0.4, -0.2) is 65.0 Å². The molecule has 23 heavy (non-hydrogen) atoms. The van der Waals surface area contributed by atoms with Crippen LogP contribution in [-0.2, 0) is 34.4 Å². The first-order valence-electron chi connectivity index (χ1n) is 6.89. The number of nitrogens with zero attached hydrogens (tertiary/aromatic N) is 1. The molecule has 1 amide bonds. The highest BCUT2D eigenvalue weighted by molar-refractivity contribution is 7.93. The third kappa shape index (κ3) is 3.28. The Kier molecular flexibility index (Phi) is 5.17. The monoisotopic (exact) mass is 347 g/mol. The number of fused-ring (bicyclic) bond motifs is 1. The maximum Gasteiger partial charge on any atom is 0.556 e. The molecule has 0 aromatic rings. The average Bonchev–Trinajstić information content (AvgIpc) is 2.44. The van der Waals surface area contributed by atoms with Crippen molar-refractivity contribution in [1.29, 1.82) is 0 Å². The predicted molar refractivity (Wildman–Crippen MR) is 80.1 cm³/mol. The Morgan fingerprint density at radius 2 is 2.13 bits per heavy atom. The van der Waals surface area contributed by atoms with E-state index in [1.807, 2.05) is 0 Å². The summed E-state index contributed by atoms with van der Waals surface area (Å²) in [6.45, 7) is 3.36. The molecule has 128 valence electrons. The number of carboxylic acid groups (broad SMARTS) is 1. The Labute approximate surface area is 135 Å². The Morgan fingerprint density at radius 3 is 2.65 bits per heavy atom. The van der Waals surface area contributed by atoms with Gasteiger partial charge in [0.2, 0.25) is 11.2 Å². The molecule has 0 spiro atoms. The van der Waals surface area contributed by atoms with E-state index >= 15 is 0 Å². The van der Waals surface area contributed by atoms with E-state index in [9.17, 15) is 19.5 Å². The minimum absolute atomic E-state index is 0.0134. The third-order valence-electron chi connectivity index (χ3n) is 3.27. The summed E-state index contributed by atoms with van der Waals surface area (Å²) in [6, 6.07) is -0.899. The van der Waals surface area contributed by atoms with Gasteiger partial charge in [0.05, 0.1) is 12.7 Å². The minimum atomic E-state index is -1.24. The summed E-state index contributed by atoms with van der Waals surface area (Å²) in [5, 5.41) is 8.68. The number of nitrogens with two attached hydrogens (primary N) is 1. The zero-order chi connectivity index (χ0) is 17.3. The molecule has 3 atom stereocenters. The normalized spacial score (nSPS) is 26.7. The number of carboxylic acids is 1. The van der Waals surface area contributed by atoms with Crippen molar-refractivity contribution < 1.29 is 33.1 Å². The second kappa shape index (κ2) is 6.77. The number of carbonyl (C=O) groups excluding carboxylic acids is 2. The largest absolute Gasteiger partial charge is 0.556 e. The molecule has 1 saturated heterocycles. The van der Waals surface area contributed by atoms with Crippen LogP contribution in [0.3, 0.4) is 0 Å². The Hall–Kier alpha value is -1.78. The van der Waals surface area contributed by atoms with Gasteiger partial charge in [-0.2, -0.15) is 8.98 Å². The number of hydrogen-bond acceptors (Lipinski definition) is 7. The van der Waals surface area contributed by atoms with Gasteiger partial charge in [-0.05, 0) is 13.8 Å². The van der Waals surface area contributed by atoms with Gasteiger partial charge in [-0.1, -0.05) is 0 Å². The Balaban J connectivity index is 2.27. The van der Waals surface area contributed by atoms with Crippen molar-refractivity contribution in [3.8, 4) is 0 Å². The lowest BCUT2D eigenvalue weighted by atomic mass is 10.0. The molecule has 10 heteroatoms. The molecule has 0 aliphatic carbocycles. The smallest absolute Gasteiger partial charge is 0.477 e. The molecule has 2 aliphatic heterocycles. The highest BCUT2D eigenvalue weighted by Gasteiger charge is 2.64. The number of carbonyl (C=O) groups is 3. The number of methoxy groups -OCH3 is 1. The second-order valence-corrected chi connectivity index (χ2v) is 7.04. The first kappa shape index (κ1) is 17.6. The molecule has 0 aromatic carbocycles. The zero-order valence-corrected chi connectivity index (χ0v) is 13.8. The predicted octanol–water partition coefficient (Wildman–Crippen LogP) is -0.424. The van der Waals surface area contributed by atoms with E-state index in [2.05, 4.69) is 0 Å². The van der Waals surface area contributed by atoms with Gasteiger partial charge in [-0.15, -0.1) is 0 Å². The fourth-order valence-corrected chi connectivity index (χ4v) is 4.41. The molecule has 0 saturated carbocycles. The average molecular weight is 347 g/mol. The second-order valence-electron chi connectivity index (χ2n) is 5.34. The van der Waals surface area contributed by atoms with E-state index in [4.69, 9.17) is 19.4 Å². The molecule has 2 heterocycles. The number of ether oxygens (including phenoxy) is 2. The van der Waals surface area contributed by atoms with Crippen molar-refractivity contribution in [3.63, 3.8) is 0 Å². The third-order valence-corrected chi connectivity index (χ3v) is 5.30. The Morgan fingerprint density at radius 1 is 1.48 bits per heavy atom. The maximum absolute atomic E-state index is 12.0. The summed E-state index contributed by atoms with van der Waals surface area (Å²) < 4.78 is 15.2. The molecule has 2 rings (SSSR count). The molecule has 2 aliphatic rings. The number of rotatable bonds is 5. The minimum Gasteiger partial charge on any atom is -0.477 e. The summed E-state index contributed by atoms with van der Waals surface area (Å²) in [5.41, 5.74) is 5.99. The van der Waals surface area contributed by atoms with Gasteiger partial charge in [-0.25, -0.2) is 4.79 Å². The van der Waals surface area contributed by atoms with E-state index in [1.54, 1.807) is 13.8 Å². The highest BCUT2D eigenvalue weighted by Crippen LogP contribution is 2.37. The van der Waals surface area contributed by atoms with Gasteiger partial charge in [0.15, 0.2) is 11.8 Å². The van der Waals surface area contributed by atoms with Gasteiger partial charge in [0, 0.05) is 12.7 Å². The standard InChI is InChI=1S/C13H18N2O7S/c1-6(2)21-13(19)22-23-5-7(4-20-3)9(12(17)18)15-10(16)8(14)11(15)23/h6,8,11H,4-5,14H2,1-3H3/p+1/t8-,11-,23?/m1/s1. The van der Waals surface area contributed by atoms with Crippen LogP contribution < -0.4 is 5.73 Å². The van der Waals surface area contributed by atoms with Crippen molar-refractivity contribution in [2.75, 3.05) is 19.5 Å². The summed E-state index contributed by atoms with van der Waals surface area (Å²) in [7, 11) is 1.41. The number of aliphatic carboxylic acids is 1. The van der Waals surface area contributed by atoms with E-state index < -0.39 is 40.6 Å². The molecule has 1 fully saturated rings. The highest BCUT2D eigenvalue weighted by atomic mass is 32.2. The Bertz CT molecular complexity index is 563. The molecule has 9 nitrogen and oxygen atoms in total. The van der Waals surface area contributed by atoms with Gasteiger partial charge in [0.1, 0.15) is 5.70 Å². The van der Waals surface area contributed by atoms with Gasteiger partial charge in [-0.3, -0.25) is 9.69 Å². The van der Waals surface area contributed by atoms with Crippen molar-refractivity contribution in [2.45, 2.75) is 31.4 Å². The fraction of sp³-hybridized carbons (Fsp3) is 0.615. The molecular formula is C13H19N2O7S+. The van der Waals surface area contributed by atoms with Gasteiger partial charge < -0.3 is 20.3 Å². The van der Waals surface area contributed by atoms with Crippen molar-refractivity contribution in [2.24, 2.45) is 5.73 Å². The van der Waals surface area contributed by atoms with Crippen LogP contribution in [0.25, 0.3) is 0 Å². The molecule has 0 bridgehead atoms. The first-order chi connectivity index (χ1) is 10.8. The van der Waals surface area contributed by atoms with Crippen LogP contribution in [0.15, 0.2) is 11.3 Å². The summed E-state index contributed by atoms with van der Waals surface area (Å²) in [4.78, 5) is 36.2. The summed E-state index contributed by atoms with van der Waals surface area (Å²) >= 11 is -1.09.